The van der Waals surface area contributed by atoms with E-state index in [4.69, 9.17) is 24.8 Å². The van der Waals surface area contributed by atoms with Gasteiger partial charge in [0.25, 0.3) is 0 Å². The van der Waals surface area contributed by atoms with Crippen molar-refractivity contribution >= 4 is 5.97 Å². The van der Waals surface area contributed by atoms with Crippen LogP contribution in [0.3, 0.4) is 0 Å². The third-order valence-electron chi connectivity index (χ3n) is 13.6. The van der Waals surface area contributed by atoms with Gasteiger partial charge in [-0.2, -0.15) is 0 Å². The van der Waals surface area contributed by atoms with Crippen molar-refractivity contribution in [3.05, 3.63) is 125 Å². The highest BCUT2D eigenvalue weighted by molar-refractivity contribution is 5.78. The van der Waals surface area contributed by atoms with E-state index in [0.29, 0.717) is 17.9 Å². The van der Waals surface area contributed by atoms with Crippen LogP contribution in [0.2, 0.25) is 0 Å². The first-order valence-electron chi connectivity index (χ1n) is 23.7. The molecular weight excluding hydrogens is 876 g/mol. The Kier molecular flexibility index (Phi) is 23.0. The second kappa shape index (κ2) is 26.0. The lowest BCUT2D eigenvalue weighted by atomic mass is 9.82. The molecule has 0 atom stereocenters. The normalized spacial score (nSPS) is 11.5. The van der Waals surface area contributed by atoms with Gasteiger partial charge in [0.05, 0.1) is 12.5 Å². The zero-order valence-electron chi connectivity index (χ0n) is 44.4. The monoisotopic (exact) mass is 959 g/mol. The number of benzene rings is 5. The summed E-state index contributed by atoms with van der Waals surface area (Å²) < 4.78 is 23.2. The Morgan fingerprint density at radius 2 is 0.812 bits per heavy atom. The molecule has 11 heteroatoms. The molecule has 0 radical (unpaired) electrons. The summed E-state index contributed by atoms with van der Waals surface area (Å²) in [7, 11) is 1.57. The lowest BCUT2D eigenvalue weighted by Crippen LogP contribution is -2.28. The van der Waals surface area contributed by atoms with E-state index >= 15 is 0 Å². The van der Waals surface area contributed by atoms with Gasteiger partial charge in [-0.3, -0.25) is 4.79 Å². The van der Waals surface area contributed by atoms with Gasteiger partial charge in [0, 0.05) is 6.07 Å². The lowest BCUT2D eigenvalue weighted by molar-refractivity contribution is -0.144. The number of methoxy groups -OCH3 is 1. The molecule has 69 heavy (non-hydrogen) atoms. The van der Waals surface area contributed by atoms with Crippen LogP contribution >= 0.6 is 0 Å². The van der Waals surface area contributed by atoms with E-state index in [9.17, 15) is 29.6 Å². The van der Waals surface area contributed by atoms with Gasteiger partial charge in [0.1, 0.15) is 11.5 Å². The molecular formula is C58H83FO10. The third kappa shape index (κ3) is 18.4. The second-order valence-corrected chi connectivity index (χ2v) is 20.5. The molecule has 5 rings (SSSR count). The van der Waals surface area contributed by atoms with Crippen molar-refractivity contribution in [3.63, 3.8) is 0 Å². The zero-order chi connectivity index (χ0) is 53.3. The van der Waals surface area contributed by atoms with Crippen molar-refractivity contribution in [3.8, 4) is 51.7 Å². The highest BCUT2D eigenvalue weighted by atomic mass is 19.1. The summed E-state index contributed by atoms with van der Waals surface area (Å²) in [5.74, 6) is -0.483. The Morgan fingerprint density at radius 3 is 1.19 bits per heavy atom. The van der Waals surface area contributed by atoms with Crippen molar-refractivity contribution in [1.82, 2.24) is 0 Å². The number of hydrogen-bond acceptors (Lipinski definition) is 10. The Labute approximate surface area is 412 Å². The minimum Gasteiger partial charge on any atom is -0.508 e. The van der Waals surface area contributed by atoms with Crippen LogP contribution in [-0.4, -0.2) is 48.8 Å². The summed E-state index contributed by atoms with van der Waals surface area (Å²) in [6.07, 6.45) is 4.77. The first-order chi connectivity index (χ1) is 31.8. The van der Waals surface area contributed by atoms with E-state index in [1.54, 1.807) is 45.2 Å². The molecule has 0 bridgehead atoms. The first-order valence-corrected chi connectivity index (χ1v) is 23.7. The van der Waals surface area contributed by atoms with Gasteiger partial charge in [-0.15, -0.1) is 0 Å². The van der Waals surface area contributed by atoms with E-state index in [0.717, 1.165) is 42.4 Å². The molecule has 0 unspecified atom stereocenters. The maximum atomic E-state index is 13.0. The summed E-state index contributed by atoms with van der Waals surface area (Å²) in [4.78, 5) is 11.7. The fourth-order valence-electron chi connectivity index (χ4n) is 5.82. The number of rotatable bonds is 12. The molecule has 0 fully saturated rings. The van der Waals surface area contributed by atoms with Gasteiger partial charge < -0.3 is 45.2 Å². The molecule has 7 N–H and O–H groups in total. The minimum absolute atomic E-state index is 0.0332. The fourth-order valence-corrected chi connectivity index (χ4v) is 5.82. The Morgan fingerprint density at radius 1 is 0.449 bits per heavy atom. The van der Waals surface area contributed by atoms with Crippen LogP contribution in [0, 0.1) is 18.2 Å². The van der Waals surface area contributed by atoms with E-state index in [1.165, 1.54) is 47.5 Å². The van der Waals surface area contributed by atoms with Crippen LogP contribution in [-0.2, 0) is 26.5 Å². The SMILES string of the molecule is CCC(C)(C)C(=O)Oc1ccc(O)c(O)c1.CCC(C)(C)c1ccc(O)c(C)c1.CCC(C)(C)c1ccc(O)c(F)c1.CCC(C)(C)c1ccc(O)c(O)c1.CCC(C)(C)c1ccc(O)c(OC)c1. The average molecular weight is 959 g/mol. The molecule has 0 heterocycles. The number of halogens is 1. The smallest absolute Gasteiger partial charge is 0.316 e. The highest BCUT2D eigenvalue weighted by Crippen LogP contribution is 2.36. The average Bonchev–Trinajstić information content (AvgIpc) is 3.31. The summed E-state index contributed by atoms with van der Waals surface area (Å²) >= 11 is 0. The van der Waals surface area contributed by atoms with Crippen molar-refractivity contribution in [2.45, 2.75) is 165 Å². The molecule has 0 aliphatic heterocycles. The number of aromatic hydroxyl groups is 7. The number of esters is 1. The van der Waals surface area contributed by atoms with Gasteiger partial charge in [0.2, 0.25) is 0 Å². The molecule has 0 aromatic heterocycles. The first kappa shape index (κ1) is 60.9. The van der Waals surface area contributed by atoms with Gasteiger partial charge in [-0.1, -0.05) is 120 Å². The molecule has 5 aromatic rings. The van der Waals surface area contributed by atoms with Crippen LogP contribution in [0.5, 0.6) is 51.7 Å². The standard InChI is InChI=1S/C12H16O4.C12H18O2.C12H18O.C11H15FO.C11H16O2/c1-4-12(2,3)11(15)16-8-5-6-9(13)10(14)7-8;1-5-12(2,3)9-6-7-10(13)11(8-9)14-4;1-5-12(3,4)10-6-7-11(13)9(2)8-10;1-4-11(2,3)8-5-6-10(13)9(12)7-8;1-4-11(2,3)8-5-6-9(12)10(13)7-8/h5-7,13-14H,4H2,1-3H3;6-8,13H,5H2,1-4H3;6-8,13H,5H2,1-4H3;5-7,13H,4H2,1-3H3;5-7,12-13H,4H2,1-3H3. The van der Waals surface area contributed by atoms with Crippen molar-refractivity contribution in [2.75, 3.05) is 7.11 Å². The van der Waals surface area contributed by atoms with E-state index in [1.807, 2.05) is 38.1 Å². The lowest BCUT2D eigenvalue weighted by Gasteiger charge is -2.23. The Bertz CT molecular complexity index is 2250. The van der Waals surface area contributed by atoms with Gasteiger partial charge >= 0.3 is 5.97 Å². The third-order valence-corrected chi connectivity index (χ3v) is 13.6. The van der Waals surface area contributed by atoms with Crippen molar-refractivity contribution in [1.29, 1.82) is 0 Å². The molecule has 0 saturated heterocycles. The minimum atomic E-state index is -0.562. The highest BCUT2D eigenvalue weighted by Gasteiger charge is 2.28. The summed E-state index contributed by atoms with van der Waals surface area (Å²) in [5.41, 5.74) is 5.20. The zero-order valence-corrected chi connectivity index (χ0v) is 44.4. The molecule has 0 spiro atoms. The second-order valence-electron chi connectivity index (χ2n) is 20.5. The number of carbonyl (C=O) groups is 1. The van der Waals surface area contributed by atoms with Crippen LogP contribution in [0.25, 0.3) is 0 Å². The largest absolute Gasteiger partial charge is 0.508 e. The topological polar surface area (TPSA) is 177 Å². The molecule has 0 amide bonds. The molecule has 5 aromatic carbocycles. The molecule has 0 aliphatic carbocycles. The number of ether oxygens (including phenoxy) is 2. The summed E-state index contributed by atoms with van der Waals surface area (Å²) in [6.45, 7) is 33.0. The quantitative estimate of drug-likeness (QED) is 0.0362. The predicted molar refractivity (Wildman–Crippen MR) is 278 cm³/mol. The van der Waals surface area contributed by atoms with Gasteiger partial charge in [0.15, 0.2) is 46.1 Å². The number of phenols is 7. The van der Waals surface area contributed by atoms with Gasteiger partial charge in [-0.05, 0) is 157 Å². The van der Waals surface area contributed by atoms with Crippen LogP contribution < -0.4 is 9.47 Å². The van der Waals surface area contributed by atoms with Crippen LogP contribution in [0.4, 0.5) is 4.39 Å². The van der Waals surface area contributed by atoms with Crippen LogP contribution in [0.1, 0.15) is 164 Å². The maximum Gasteiger partial charge on any atom is 0.316 e. The molecule has 10 nitrogen and oxygen atoms in total. The van der Waals surface area contributed by atoms with Crippen LogP contribution in [0.15, 0.2) is 91.0 Å². The van der Waals surface area contributed by atoms with E-state index < -0.39 is 11.2 Å². The Balaban J connectivity index is 0.000000432. The number of carbonyl (C=O) groups excluding carboxylic acids is 1. The van der Waals surface area contributed by atoms with E-state index in [-0.39, 0.29) is 67.9 Å². The molecule has 382 valence electrons. The number of aryl methyl sites for hydroxylation is 1. The predicted octanol–water partition coefficient (Wildman–Crippen LogP) is 14.9. The fraction of sp³-hybridized carbons (Fsp3) is 0.466. The van der Waals surface area contributed by atoms with Crippen molar-refractivity contribution in [2.24, 2.45) is 5.41 Å². The Hall–Kier alpha value is -6.10. The summed E-state index contributed by atoms with van der Waals surface area (Å²) in [5, 5.41) is 64.6. The summed E-state index contributed by atoms with van der Waals surface area (Å²) in [6, 6.07) is 24.9. The van der Waals surface area contributed by atoms with E-state index in [2.05, 4.69) is 89.2 Å². The number of hydrogen-bond donors (Lipinski definition) is 7. The van der Waals surface area contributed by atoms with Gasteiger partial charge in [-0.25, -0.2) is 4.39 Å². The molecule has 0 aliphatic rings. The maximum absolute atomic E-state index is 13.0. The molecule has 0 saturated carbocycles. The van der Waals surface area contributed by atoms with Crippen molar-refractivity contribution < 1.29 is 54.4 Å². The number of phenolic OH excluding ortho intramolecular Hbond substituents is 7.